The molecule has 0 aromatic carbocycles. The lowest BCUT2D eigenvalue weighted by Gasteiger charge is -2.45. The largest absolute Gasteiger partial charge is 0.336 e. The Morgan fingerprint density at radius 3 is 2.62 bits per heavy atom. The van der Waals surface area contributed by atoms with Crippen molar-refractivity contribution >= 4 is 0 Å². The molecule has 0 amide bonds. The molecule has 0 spiro atoms. The van der Waals surface area contributed by atoms with Crippen LogP contribution in [0.15, 0.2) is 18.7 Å². The summed E-state index contributed by atoms with van der Waals surface area (Å²) in [6, 6.07) is 1.55. The molecule has 0 bridgehead atoms. The van der Waals surface area contributed by atoms with E-state index in [0.717, 1.165) is 25.2 Å². The Kier molecular flexibility index (Phi) is 2.36. The zero-order valence-corrected chi connectivity index (χ0v) is 8.35. The monoisotopic (exact) mass is 179 g/mol. The Morgan fingerprint density at radius 2 is 2.08 bits per heavy atom. The van der Waals surface area contributed by atoms with E-state index in [4.69, 9.17) is 0 Å². The van der Waals surface area contributed by atoms with Gasteiger partial charge in [0.2, 0.25) is 0 Å². The van der Waals surface area contributed by atoms with Crippen LogP contribution in [0.4, 0.5) is 0 Å². The molecular weight excluding hydrogens is 162 g/mol. The maximum absolute atomic E-state index is 4.03. The normalized spacial score (nSPS) is 28.8. The zero-order valence-electron chi connectivity index (χ0n) is 8.35. The number of imidazole rings is 1. The maximum atomic E-state index is 4.03. The molecule has 1 aliphatic rings. The van der Waals surface area contributed by atoms with Crippen molar-refractivity contribution in [2.24, 2.45) is 0 Å². The summed E-state index contributed by atoms with van der Waals surface area (Å²) in [5.74, 6) is 0. The Morgan fingerprint density at radius 1 is 1.31 bits per heavy atom. The third-order valence-corrected chi connectivity index (χ3v) is 2.99. The van der Waals surface area contributed by atoms with Crippen LogP contribution in [0, 0.1) is 0 Å². The second-order valence-corrected chi connectivity index (χ2v) is 3.97. The Hall–Kier alpha value is -0.830. The van der Waals surface area contributed by atoms with Crippen LogP contribution in [0.1, 0.15) is 20.3 Å². The molecule has 72 valence electrons. The summed E-state index contributed by atoms with van der Waals surface area (Å²) < 4.78 is 2.14. The Balaban J connectivity index is 1.80. The Labute approximate surface area is 79.4 Å². The van der Waals surface area contributed by atoms with Crippen LogP contribution in [0.3, 0.4) is 0 Å². The molecule has 1 fully saturated rings. The number of likely N-dealkylation sites (tertiary alicyclic amines) is 1. The lowest BCUT2D eigenvalue weighted by atomic mass is 9.96. The van der Waals surface area contributed by atoms with Crippen LogP contribution >= 0.6 is 0 Å². The van der Waals surface area contributed by atoms with Gasteiger partial charge in [0.15, 0.2) is 0 Å². The van der Waals surface area contributed by atoms with Gasteiger partial charge in [0, 0.05) is 37.6 Å². The van der Waals surface area contributed by atoms with Gasteiger partial charge in [0.05, 0.1) is 6.33 Å². The highest BCUT2D eigenvalue weighted by Crippen LogP contribution is 2.23. The van der Waals surface area contributed by atoms with Crippen LogP contribution in [-0.2, 0) is 6.54 Å². The molecule has 3 heteroatoms. The summed E-state index contributed by atoms with van der Waals surface area (Å²) in [4.78, 5) is 6.57. The van der Waals surface area contributed by atoms with Gasteiger partial charge in [0.25, 0.3) is 0 Å². The van der Waals surface area contributed by atoms with E-state index in [1.54, 1.807) is 0 Å². The topological polar surface area (TPSA) is 21.1 Å². The highest BCUT2D eigenvalue weighted by Gasteiger charge is 2.30. The number of hydrogen-bond donors (Lipinski definition) is 0. The van der Waals surface area contributed by atoms with Crippen molar-refractivity contribution in [2.45, 2.75) is 38.9 Å². The molecule has 0 N–H and O–H groups in total. The van der Waals surface area contributed by atoms with Crippen LogP contribution < -0.4 is 0 Å². The molecule has 0 radical (unpaired) electrons. The van der Waals surface area contributed by atoms with Gasteiger partial charge in [-0.1, -0.05) is 0 Å². The Bertz CT molecular complexity index is 247. The highest BCUT2D eigenvalue weighted by atomic mass is 15.2. The molecule has 3 nitrogen and oxygen atoms in total. The quantitative estimate of drug-likeness (QED) is 0.698. The molecule has 0 aliphatic carbocycles. The van der Waals surface area contributed by atoms with Crippen molar-refractivity contribution < 1.29 is 0 Å². The average Bonchev–Trinajstić information content (AvgIpc) is 2.57. The fourth-order valence-electron chi connectivity index (χ4n) is 2.15. The minimum atomic E-state index is 0.776. The maximum Gasteiger partial charge on any atom is 0.0946 e. The molecule has 2 unspecified atom stereocenters. The van der Waals surface area contributed by atoms with E-state index in [2.05, 4.69) is 28.3 Å². The van der Waals surface area contributed by atoms with Crippen LogP contribution in [0.2, 0.25) is 0 Å². The minimum absolute atomic E-state index is 0.776. The van der Waals surface area contributed by atoms with Crippen LogP contribution in [0.5, 0.6) is 0 Å². The molecule has 1 aromatic heterocycles. The molecule has 1 aromatic rings. The van der Waals surface area contributed by atoms with E-state index in [9.17, 15) is 0 Å². The number of aromatic nitrogens is 2. The van der Waals surface area contributed by atoms with Crippen molar-refractivity contribution in [2.75, 3.05) is 6.54 Å². The van der Waals surface area contributed by atoms with E-state index < -0.39 is 0 Å². The summed E-state index contributed by atoms with van der Waals surface area (Å²) in [7, 11) is 0. The van der Waals surface area contributed by atoms with Crippen molar-refractivity contribution in [1.29, 1.82) is 0 Å². The van der Waals surface area contributed by atoms with Gasteiger partial charge < -0.3 is 4.57 Å². The van der Waals surface area contributed by atoms with E-state index >= 15 is 0 Å². The van der Waals surface area contributed by atoms with E-state index in [1.807, 2.05) is 18.7 Å². The second-order valence-electron chi connectivity index (χ2n) is 3.97. The van der Waals surface area contributed by atoms with Crippen LogP contribution in [-0.4, -0.2) is 33.1 Å². The summed E-state index contributed by atoms with van der Waals surface area (Å²) in [5.41, 5.74) is 0. The number of nitrogens with zero attached hydrogens (tertiary/aromatic N) is 3. The minimum Gasteiger partial charge on any atom is -0.336 e. The summed E-state index contributed by atoms with van der Waals surface area (Å²) >= 11 is 0. The van der Waals surface area contributed by atoms with Gasteiger partial charge in [-0.05, 0) is 20.3 Å². The van der Waals surface area contributed by atoms with Crippen molar-refractivity contribution in [1.82, 2.24) is 14.5 Å². The number of rotatable bonds is 3. The second kappa shape index (κ2) is 3.50. The van der Waals surface area contributed by atoms with Crippen molar-refractivity contribution in [3.05, 3.63) is 18.7 Å². The molecule has 2 rings (SSSR count). The number of hydrogen-bond acceptors (Lipinski definition) is 2. The highest BCUT2D eigenvalue weighted by molar-refractivity contribution is 4.87. The third kappa shape index (κ3) is 1.75. The van der Waals surface area contributed by atoms with E-state index in [-0.39, 0.29) is 0 Å². The van der Waals surface area contributed by atoms with Crippen LogP contribution in [0.25, 0.3) is 0 Å². The SMILES string of the molecule is CC1CC(C)N1CCn1ccnc1. The molecule has 1 aliphatic heterocycles. The first-order chi connectivity index (χ1) is 6.27. The predicted octanol–water partition coefficient (Wildman–Crippen LogP) is 1.37. The molecule has 2 heterocycles. The zero-order chi connectivity index (χ0) is 9.26. The van der Waals surface area contributed by atoms with E-state index in [1.165, 1.54) is 6.42 Å². The molecule has 1 saturated heterocycles. The first-order valence-corrected chi connectivity index (χ1v) is 4.99. The van der Waals surface area contributed by atoms with Gasteiger partial charge in [-0.3, -0.25) is 4.90 Å². The first kappa shape index (κ1) is 8.75. The van der Waals surface area contributed by atoms with Gasteiger partial charge in [-0.2, -0.15) is 0 Å². The lowest BCUT2D eigenvalue weighted by Crippen LogP contribution is -2.53. The van der Waals surface area contributed by atoms with Gasteiger partial charge in [0.1, 0.15) is 0 Å². The fraction of sp³-hybridized carbons (Fsp3) is 0.700. The molecule has 13 heavy (non-hydrogen) atoms. The summed E-state index contributed by atoms with van der Waals surface area (Å²) in [6.45, 7) is 6.81. The third-order valence-electron chi connectivity index (χ3n) is 2.99. The predicted molar refractivity (Wildman–Crippen MR) is 52.5 cm³/mol. The summed E-state index contributed by atoms with van der Waals surface area (Å²) in [6.07, 6.45) is 7.09. The fourth-order valence-corrected chi connectivity index (χ4v) is 2.15. The summed E-state index contributed by atoms with van der Waals surface area (Å²) in [5, 5.41) is 0. The molecule has 0 saturated carbocycles. The standard InChI is InChI=1S/C10H17N3/c1-9-7-10(2)13(9)6-5-12-4-3-11-8-12/h3-4,8-10H,5-7H2,1-2H3. The molecular formula is C10H17N3. The molecule has 2 atom stereocenters. The first-order valence-electron chi connectivity index (χ1n) is 4.99. The van der Waals surface area contributed by atoms with Gasteiger partial charge in [-0.15, -0.1) is 0 Å². The van der Waals surface area contributed by atoms with Crippen molar-refractivity contribution in [3.63, 3.8) is 0 Å². The van der Waals surface area contributed by atoms with Crippen molar-refractivity contribution in [3.8, 4) is 0 Å². The van der Waals surface area contributed by atoms with E-state index in [0.29, 0.717) is 0 Å². The lowest BCUT2D eigenvalue weighted by molar-refractivity contribution is 0.0347. The smallest absolute Gasteiger partial charge is 0.0946 e. The van der Waals surface area contributed by atoms with Gasteiger partial charge >= 0.3 is 0 Å². The average molecular weight is 179 g/mol. The van der Waals surface area contributed by atoms with Gasteiger partial charge in [-0.25, -0.2) is 4.98 Å².